The fourth-order valence-corrected chi connectivity index (χ4v) is 2.54. The van der Waals surface area contributed by atoms with Crippen LogP contribution in [0.3, 0.4) is 0 Å². The first-order valence-electron chi connectivity index (χ1n) is 6.53. The first-order chi connectivity index (χ1) is 8.70. The molecule has 0 radical (unpaired) electrons. The van der Waals surface area contributed by atoms with Crippen LogP contribution in [-0.2, 0) is 11.2 Å². The SMILES string of the molecule is CCN1CCOC(C(N)Cc2ccccc2Cl)C1. The summed E-state index contributed by atoms with van der Waals surface area (Å²) in [5.41, 5.74) is 7.36. The van der Waals surface area contributed by atoms with E-state index in [2.05, 4.69) is 11.8 Å². The van der Waals surface area contributed by atoms with Gasteiger partial charge < -0.3 is 10.5 Å². The summed E-state index contributed by atoms with van der Waals surface area (Å²) >= 11 is 6.16. The molecule has 0 aliphatic carbocycles. The predicted octanol–water partition coefficient (Wildman–Crippen LogP) is 1.93. The van der Waals surface area contributed by atoms with Crippen molar-refractivity contribution in [3.05, 3.63) is 34.9 Å². The van der Waals surface area contributed by atoms with Gasteiger partial charge in [0.1, 0.15) is 0 Å². The predicted molar refractivity (Wildman–Crippen MR) is 75.0 cm³/mol. The number of halogens is 1. The van der Waals surface area contributed by atoms with Crippen molar-refractivity contribution in [3.63, 3.8) is 0 Å². The van der Waals surface area contributed by atoms with Gasteiger partial charge in [0.2, 0.25) is 0 Å². The molecule has 0 amide bonds. The van der Waals surface area contributed by atoms with Crippen LogP contribution in [0.4, 0.5) is 0 Å². The fourth-order valence-electron chi connectivity index (χ4n) is 2.33. The number of morpholine rings is 1. The zero-order valence-corrected chi connectivity index (χ0v) is 11.6. The molecule has 0 spiro atoms. The van der Waals surface area contributed by atoms with Crippen LogP contribution in [0.5, 0.6) is 0 Å². The minimum Gasteiger partial charge on any atom is -0.374 e. The van der Waals surface area contributed by atoms with Crippen molar-refractivity contribution in [1.29, 1.82) is 0 Å². The number of nitrogens with two attached hydrogens (primary N) is 1. The Hall–Kier alpha value is -0.610. The van der Waals surface area contributed by atoms with E-state index in [0.717, 1.165) is 43.2 Å². The maximum absolute atomic E-state index is 6.26. The summed E-state index contributed by atoms with van der Waals surface area (Å²) in [5.74, 6) is 0. The van der Waals surface area contributed by atoms with Gasteiger partial charge >= 0.3 is 0 Å². The van der Waals surface area contributed by atoms with Gasteiger partial charge in [0.15, 0.2) is 0 Å². The van der Waals surface area contributed by atoms with Crippen LogP contribution in [0.25, 0.3) is 0 Å². The number of benzene rings is 1. The lowest BCUT2D eigenvalue weighted by Crippen LogP contribution is -2.51. The van der Waals surface area contributed by atoms with E-state index < -0.39 is 0 Å². The number of likely N-dealkylation sites (N-methyl/N-ethyl adjacent to an activating group) is 1. The Bertz CT molecular complexity index is 386. The van der Waals surface area contributed by atoms with Crippen LogP contribution >= 0.6 is 11.6 Å². The molecule has 2 atom stereocenters. The minimum absolute atomic E-state index is 0.000694. The van der Waals surface area contributed by atoms with Crippen molar-refractivity contribution in [1.82, 2.24) is 4.90 Å². The topological polar surface area (TPSA) is 38.5 Å². The summed E-state index contributed by atoms with van der Waals surface area (Å²) in [6.45, 7) is 5.92. The summed E-state index contributed by atoms with van der Waals surface area (Å²) in [4.78, 5) is 2.38. The Morgan fingerprint density at radius 3 is 3.00 bits per heavy atom. The lowest BCUT2D eigenvalue weighted by molar-refractivity contribution is -0.0385. The summed E-state index contributed by atoms with van der Waals surface area (Å²) in [7, 11) is 0. The van der Waals surface area contributed by atoms with Gasteiger partial charge in [-0.3, -0.25) is 4.90 Å². The summed E-state index contributed by atoms with van der Waals surface area (Å²) in [5, 5.41) is 0.788. The second-order valence-electron chi connectivity index (χ2n) is 4.76. The van der Waals surface area contributed by atoms with Gasteiger partial charge in [-0.25, -0.2) is 0 Å². The quantitative estimate of drug-likeness (QED) is 0.907. The molecule has 100 valence electrons. The first kappa shape index (κ1) is 13.8. The van der Waals surface area contributed by atoms with E-state index in [-0.39, 0.29) is 12.1 Å². The highest BCUT2D eigenvalue weighted by Crippen LogP contribution is 2.18. The third-order valence-corrected chi connectivity index (χ3v) is 3.88. The molecule has 2 N–H and O–H groups in total. The van der Waals surface area contributed by atoms with Gasteiger partial charge in [-0.1, -0.05) is 36.7 Å². The summed E-state index contributed by atoms with van der Waals surface area (Å²) in [6.07, 6.45) is 0.872. The van der Waals surface area contributed by atoms with Crippen LogP contribution in [0.1, 0.15) is 12.5 Å². The summed E-state index contributed by atoms with van der Waals surface area (Å²) < 4.78 is 5.77. The first-order valence-corrected chi connectivity index (χ1v) is 6.91. The Labute approximate surface area is 114 Å². The van der Waals surface area contributed by atoms with E-state index in [1.165, 1.54) is 0 Å². The molecule has 18 heavy (non-hydrogen) atoms. The van der Waals surface area contributed by atoms with Crippen molar-refractivity contribution in [2.24, 2.45) is 5.73 Å². The normalized spacial score (nSPS) is 22.9. The molecule has 2 rings (SSSR count). The Morgan fingerprint density at radius 2 is 2.28 bits per heavy atom. The molecule has 4 heteroatoms. The zero-order valence-electron chi connectivity index (χ0n) is 10.8. The van der Waals surface area contributed by atoms with E-state index in [9.17, 15) is 0 Å². The second-order valence-corrected chi connectivity index (χ2v) is 5.17. The van der Waals surface area contributed by atoms with Crippen molar-refractivity contribution in [2.75, 3.05) is 26.2 Å². The highest BCUT2D eigenvalue weighted by molar-refractivity contribution is 6.31. The number of ether oxygens (including phenoxy) is 1. The van der Waals surface area contributed by atoms with Crippen LogP contribution in [0.15, 0.2) is 24.3 Å². The smallest absolute Gasteiger partial charge is 0.0856 e. The van der Waals surface area contributed by atoms with Gasteiger partial charge in [0.25, 0.3) is 0 Å². The molecule has 1 saturated heterocycles. The van der Waals surface area contributed by atoms with Crippen LogP contribution in [0, 0.1) is 0 Å². The maximum Gasteiger partial charge on any atom is 0.0856 e. The minimum atomic E-state index is -0.000694. The number of hydrogen-bond acceptors (Lipinski definition) is 3. The maximum atomic E-state index is 6.26. The highest BCUT2D eigenvalue weighted by atomic mass is 35.5. The lowest BCUT2D eigenvalue weighted by atomic mass is 10.0. The molecule has 0 aromatic heterocycles. The average molecular weight is 269 g/mol. The standard InChI is InChI=1S/C14H21ClN2O/c1-2-17-7-8-18-14(10-17)13(16)9-11-5-3-4-6-12(11)15/h3-6,13-14H,2,7-10,16H2,1H3. The zero-order chi connectivity index (χ0) is 13.0. The molecule has 1 aromatic carbocycles. The van der Waals surface area contributed by atoms with Crippen LogP contribution in [0.2, 0.25) is 5.02 Å². The molecule has 3 nitrogen and oxygen atoms in total. The largest absolute Gasteiger partial charge is 0.374 e. The van der Waals surface area contributed by atoms with Crippen molar-refractivity contribution < 1.29 is 4.74 Å². The second kappa shape index (κ2) is 6.53. The van der Waals surface area contributed by atoms with Gasteiger partial charge in [-0.05, 0) is 24.6 Å². The fraction of sp³-hybridized carbons (Fsp3) is 0.571. The van der Waals surface area contributed by atoms with Gasteiger partial charge in [0.05, 0.1) is 12.7 Å². The number of nitrogens with zero attached hydrogens (tertiary/aromatic N) is 1. The van der Waals surface area contributed by atoms with Crippen molar-refractivity contribution in [2.45, 2.75) is 25.5 Å². The Morgan fingerprint density at radius 1 is 1.50 bits per heavy atom. The van der Waals surface area contributed by atoms with E-state index in [4.69, 9.17) is 22.1 Å². The van der Waals surface area contributed by atoms with Gasteiger partial charge in [0, 0.05) is 24.2 Å². The highest BCUT2D eigenvalue weighted by Gasteiger charge is 2.25. The number of rotatable bonds is 4. The third-order valence-electron chi connectivity index (χ3n) is 3.52. The molecular weight excluding hydrogens is 248 g/mol. The molecule has 0 saturated carbocycles. The van der Waals surface area contributed by atoms with Gasteiger partial charge in [-0.15, -0.1) is 0 Å². The Balaban J connectivity index is 1.95. The van der Waals surface area contributed by atoms with E-state index in [1.54, 1.807) is 0 Å². The van der Waals surface area contributed by atoms with Crippen LogP contribution < -0.4 is 5.73 Å². The lowest BCUT2D eigenvalue weighted by Gasteiger charge is -2.35. The molecule has 0 bridgehead atoms. The molecular formula is C14H21ClN2O. The van der Waals surface area contributed by atoms with E-state index >= 15 is 0 Å². The third kappa shape index (κ3) is 3.45. The van der Waals surface area contributed by atoms with E-state index in [1.807, 2.05) is 24.3 Å². The molecule has 1 aliphatic heterocycles. The monoisotopic (exact) mass is 268 g/mol. The molecule has 1 aliphatic rings. The van der Waals surface area contributed by atoms with Crippen molar-refractivity contribution >= 4 is 11.6 Å². The van der Waals surface area contributed by atoms with Crippen molar-refractivity contribution in [3.8, 4) is 0 Å². The molecule has 1 fully saturated rings. The molecule has 1 heterocycles. The number of hydrogen-bond donors (Lipinski definition) is 1. The van der Waals surface area contributed by atoms with E-state index in [0.29, 0.717) is 0 Å². The Kier molecular flexibility index (Phi) is 5.01. The summed E-state index contributed by atoms with van der Waals surface area (Å²) in [6, 6.07) is 7.87. The molecule has 1 aromatic rings. The van der Waals surface area contributed by atoms with Gasteiger partial charge in [-0.2, -0.15) is 0 Å². The average Bonchev–Trinajstić information content (AvgIpc) is 2.41. The molecule has 2 unspecified atom stereocenters. The van der Waals surface area contributed by atoms with Crippen LogP contribution in [-0.4, -0.2) is 43.3 Å².